The van der Waals surface area contributed by atoms with Gasteiger partial charge in [0.05, 0.1) is 17.8 Å². The van der Waals surface area contributed by atoms with Crippen LogP contribution in [-0.4, -0.2) is 23.4 Å². The second-order valence-corrected chi connectivity index (χ2v) is 9.98. The summed E-state index contributed by atoms with van der Waals surface area (Å²) in [6.45, 7) is 4.05. The summed E-state index contributed by atoms with van der Waals surface area (Å²) in [4.78, 5) is 2.38. The lowest BCUT2D eigenvalue weighted by atomic mass is 9.93. The van der Waals surface area contributed by atoms with Crippen LogP contribution in [0.15, 0.2) is 72.8 Å². The summed E-state index contributed by atoms with van der Waals surface area (Å²) >= 11 is 6.58. The summed E-state index contributed by atoms with van der Waals surface area (Å²) < 4.78 is 6.38. The van der Waals surface area contributed by atoms with E-state index in [1.165, 1.54) is 16.8 Å². The molecule has 1 aliphatic carbocycles. The molecule has 0 amide bonds. The number of halogens is 1. The van der Waals surface area contributed by atoms with E-state index in [1.807, 2.05) is 6.07 Å². The normalized spacial score (nSPS) is 21.2. The number of rotatable bonds is 7. The average molecular weight is 462 g/mol. The van der Waals surface area contributed by atoms with Gasteiger partial charge in [-0.25, -0.2) is 0 Å². The average Bonchev–Trinajstić information content (AvgIpc) is 3.57. The van der Waals surface area contributed by atoms with E-state index in [0.717, 1.165) is 54.9 Å². The van der Waals surface area contributed by atoms with Crippen molar-refractivity contribution in [1.29, 1.82) is 0 Å². The summed E-state index contributed by atoms with van der Waals surface area (Å²) in [5, 5.41) is 11.1. The zero-order valence-corrected chi connectivity index (χ0v) is 20.0. The van der Waals surface area contributed by atoms with Crippen molar-refractivity contribution in [2.45, 2.75) is 63.4 Å². The van der Waals surface area contributed by atoms with Crippen molar-refractivity contribution >= 4 is 17.3 Å². The molecule has 2 atom stereocenters. The van der Waals surface area contributed by atoms with Gasteiger partial charge in [-0.1, -0.05) is 66.2 Å². The zero-order chi connectivity index (χ0) is 22.8. The number of anilines is 1. The Morgan fingerprint density at radius 2 is 1.76 bits per heavy atom. The molecule has 33 heavy (non-hydrogen) atoms. The van der Waals surface area contributed by atoms with Gasteiger partial charge >= 0.3 is 0 Å². The van der Waals surface area contributed by atoms with Crippen LogP contribution in [0.1, 0.15) is 61.0 Å². The Labute approximate surface area is 202 Å². The molecule has 3 aromatic carbocycles. The van der Waals surface area contributed by atoms with Gasteiger partial charge in [0.15, 0.2) is 0 Å². The highest BCUT2D eigenvalue weighted by Crippen LogP contribution is 2.51. The Bertz CT molecular complexity index is 1080. The number of hydrogen-bond donors (Lipinski definition) is 1. The van der Waals surface area contributed by atoms with Crippen LogP contribution in [0.5, 0.6) is 0 Å². The Morgan fingerprint density at radius 1 is 1.00 bits per heavy atom. The number of benzene rings is 3. The first kappa shape index (κ1) is 22.5. The zero-order valence-electron chi connectivity index (χ0n) is 19.2. The summed E-state index contributed by atoms with van der Waals surface area (Å²) in [6, 6.07) is 25.6. The maximum absolute atomic E-state index is 10.3. The second-order valence-electron chi connectivity index (χ2n) is 9.58. The van der Waals surface area contributed by atoms with Crippen molar-refractivity contribution < 1.29 is 9.84 Å². The van der Waals surface area contributed by atoms with Crippen molar-refractivity contribution in [3.05, 3.63) is 100 Å². The van der Waals surface area contributed by atoms with Crippen molar-refractivity contribution in [3.8, 4) is 0 Å². The second kappa shape index (κ2) is 9.50. The number of nitrogens with zero attached hydrogens (tertiary/aromatic N) is 1. The molecule has 2 aliphatic rings. The summed E-state index contributed by atoms with van der Waals surface area (Å²) in [5.41, 5.74) is 5.92. The van der Waals surface area contributed by atoms with Crippen LogP contribution in [0.25, 0.3) is 0 Å². The van der Waals surface area contributed by atoms with Crippen LogP contribution in [0, 0.1) is 0 Å². The maximum Gasteiger partial charge on any atom is 0.0857 e. The largest absolute Gasteiger partial charge is 0.393 e. The van der Waals surface area contributed by atoms with E-state index < -0.39 is 0 Å². The molecule has 0 unspecified atom stereocenters. The van der Waals surface area contributed by atoms with Crippen LogP contribution >= 0.6 is 11.6 Å². The number of aliphatic hydroxyl groups is 1. The Morgan fingerprint density at radius 3 is 2.45 bits per heavy atom. The molecule has 1 aliphatic heterocycles. The van der Waals surface area contributed by atoms with E-state index in [1.54, 1.807) is 0 Å². The minimum Gasteiger partial charge on any atom is -0.393 e. The van der Waals surface area contributed by atoms with Crippen LogP contribution in [0.3, 0.4) is 0 Å². The lowest BCUT2D eigenvalue weighted by molar-refractivity contribution is -0.113. The fraction of sp³-hybridized carbons (Fsp3) is 0.379. The lowest BCUT2D eigenvalue weighted by Gasteiger charge is -2.34. The van der Waals surface area contributed by atoms with Crippen molar-refractivity contribution in [2.24, 2.45) is 0 Å². The van der Waals surface area contributed by atoms with Gasteiger partial charge in [0.1, 0.15) is 0 Å². The van der Waals surface area contributed by atoms with E-state index in [-0.39, 0.29) is 17.8 Å². The molecule has 0 radical (unpaired) electrons. The molecule has 4 heteroatoms. The molecule has 0 bridgehead atoms. The van der Waals surface area contributed by atoms with Gasteiger partial charge in [-0.15, -0.1) is 0 Å². The first-order chi connectivity index (χ1) is 16.0. The minimum atomic E-state index is -0.282. The minimum absolute atomic E-state index is 0.0502. The van der Waals surface area contributed by atoms with Crippen molar-refractivity contribution in [2.75, 3.05) is 11.4 Å². The number of aliphatic hydroxyl groups excluding tert-OH is 1. The predicted octanol–water partition coefficient (Wildman–Crippen LogP) is 6.70. The summed E-state index contributed by atoms with van der Waals surface area (Å²) in [7, 11) is 0. The fourth-order valence-corrected chi connectivity index (χ4v) is 5.17. The van der Waals surface area contributed by atoms with Crippen LogP contribution in [0.2, 0.25) is 5.02 Å². The third kappa shape index (κ3) is 5.27. The molecular weight excluding hydrogens is 430 g/mol. The molecule has 0 aromatic heterocycles. The summed E-state index contributed by atoms with van der Waals surface area (Å²) in [6.07, 6.45) is 4.00. The van der Waals surface area contributed by atoms with Crippen LogP contribution in [0.4, 0.5) is 5.69 Å². The third-order valence-corrected chi connectivity index (χ3v) is 7.40. The van der Waals surface area contributed by atoms with Gasteiger partial charge < -0.3 is 14.7 Å². The van der Waals surface area contributed by atoms with Gasteiger partial charge in [-0.3, -0.25) is 0 Å². The predicted molar refractivity (Wildman–Crippen MR) is 135 cm³/mol. The van der Waals surface area contributed by atoms with E-state index in [0.29, 0.717) is 6.42 Å². The highest BCUT2D eigenvalue weighted by molar-refractivity contribution is 6.31. The molecular formula is C29H32ClNO2. The monoisotopic (exact) mass is 461 g/mol. The Kier molecular flexibility index (Phi) is 6.47. The van der Waals surface area contributed by atoms with E-state index in [9.17, 15) is 5.11 Å². The molecule has 1 saturated heterocycles. The first-order valence-electron chi connectivity index (χ1n) is 12.1. The third-order valence-electron chi connectivity index (χ3n) is 7.03. The molecule has 3 nitrogen and oxygen atoms in total. The molecule has 1 N–H and O–H groups in total. The van der Waals surface area contributed by atoms with E-state index in [4.69, 9.17) is 16.3 Å². The SMILES string of the molecule is CCN(Cc1ccccc1)c1ccc(Cc2cc([C@H]3C[C@@H](O)CC4(CC4)O3)ccc2Cl)cc1. The Hall–Kier alpha value is -2.33. The molecule has 1 spiro atoms. The first-order valence-corrected chi connectivity index (χ1v) is 12.4. The fourth-order valence-electron chi connectivity index (χ4n) is 4.99. The van der Waals surface area contributed by atoms with Gasteiger partial charge in [0, 0.05) is 36.6 Å². The Balaban J connectivity index is 1.29. The quantitative estimate of drug-likeness (QED) is 0.424. The molecule has 5 rings (SSSR count). The van der Waals surface area contributed by atoms with Gasteiger partial charge in [0.25, 0.3) is 0 Å². The van der Waals surface area contributed by atoms with Crippen LogP contribution in [-0.2, 0) is 17.7 Å². The van der Waals surface area contributed by atoms with Crippen molar-refractivity contribution in [1.82, 2.24) is 0 Å². The summed E-state index contributed by atoms with van der Waals surface area (Å²) in [5.74, 6) is 0. The highest BCUT2D eigenvalue weighted by atomic mass is 35.5. The van der Waals surface area contributed by atoms with Crippen LogP contribution < -0.4 is 4.90 Å². The molecule has 1 saturated carbocycles. The maximum atomic E-state index is 10.3. The van der Waals surface area contributed by atoms with Crippen molar-refractivity contribution in [3.63, 3.8) is 0 Å². The smallest absolute Gasteiger partial charge is 0.0857 e. The van der Waals surface area contributed by atoms with E-state index in [2.05, 4.69) is 78.6 Å². The number of ether oxygens (including phenoxy) is 1. The van der Waals surface area contributed by atoms with Gasteiger partial charge in [-0.2, -0.15) is 0 Å². The molecule has 1 heterocycles. The standard InChI is InChI=1S/C29H32ClNO2/c1-2-31(20-22-6-4-3-5-7-22)25-11-8-21(9-12-25)16-24-17-23(10-13-27(24)30)28-18-26(32)19-29(33-28)14-15-29/h3-13,17,26,28,32H,2,14-16,18-20H2,1H3/t26-,28-/m1/s1. The molecule has 172 valence electrons. The highest BCUT2D eigenvalue weighted by Gasteiger charge is 2.50. The lowest BCUT2D eigenvalue weighted by Crippen LogP contribution is -2.32. The van der Waals surface area contributed by atoms with Gasteiger partial charge in [0.2, 0.25) is 0 Å². The van der Waals surface area contributed by atoms with E-state index >= 15 is 0 Å². The van der Waals surface area contributed by atoms with Gasteiger partial charge in [-0.05, 0) is 66.6 Å². The molecule has 3 aromatic rings. The topological polar surface area (TPSA) is 32.7 Å². The molecule has 2 fully saturated rings. The number of hydrogen-bond acceptors (Lipinski definition) is 3.